The first-order chi connectivity index (χ1) is 9.80. The molecular formula is C16H20ClNO3. The van der Waals surface area contributed by atoms with Crippen molar-refractivity contribution in [3.8, 4) is 0 Å². The number of rotatable bonds is 4. The zero-order valence-electron chi connectivity index (χ0n) is 12.2. The van der Waals surface area contributed by atoms with Crippen molar-refractivity contribution >= 4 is 23.5 Å². The SMILES string of the molecule is CC(C)(C(=O)N[C@H]1CC[C@@H](C(=O)O)C1)c1cccc(Cl)c1. The zero-order valence-corrected chi connectivity index (χ0v) is 13.0. The molecule has 0 radical (unpaired) electrons. The number of nitrogens with one attached hydrogen (secondary N) is 1. The molecule has 1 aliphatic rings. The van der Waals surface area contributed by atoms with Gasteiger partial charge in [-0.2, -0.15) is 0 Å². The van der Waals surface area contributed by atoms with Crippen molar-refractivity contribution in [2.24, 2.45) is 5.92 Å². The number of aliphatic carboxylic acids is 1. The lowest BCUT2D eigenvalue weighted by Crippen LogP contribution is -2.44. The highest BCUT2D eigenvalue weighted by Gasteiger charge is 2.35. The van der Waals surface area contributed by atoms with Gasteiger partial charge in [0.15, 0.2) is 0 Å². The highest BCUT2D eigenvalue weighted by Crippen LogP contribution is 2.29. The summed E-state index contributed by atoms with van der Waals surface area (Å²) in [4.78, 5) is 23.5. The van der Waals surface area contributed by atoms with Crippen molar-refractivity contribution in [1.29, 1.82) is 0 Å². The van der Waals surface area contributed by atoms with Gasteiger partial charge in [-0.3, -0.25) is 9.59 Å². The van der Waals surface area contributed by atoms with E-state index in [1.165, 1.54) is 0 Å². The molecule has 0 unspecified atom stereocenters. The van der Waals surface area contributed by atoms with E-state index in [2.05, 4.69) is 5.32 Å². The van der Waals surface area contributed by atoms with Gasteiger partial charge in [0.25, 0.3) is 0 Å². The van der Waals surface area contributed by atoms with Crippen LogP contribution < -0.4 is 5.32 Å². The van der Waals surface area contributed by atoms with E-state index in [1.54, 1.807) is 12.1 Å². The van der Waals surface area contributed by atoms with Crippen LogP contribution in [-0.4, -0.2) is 23.0 Å². The maximum absolute atomic E-state index is 12.5. The molecule has 0 heterocycles. The maximum atomic E-state index is 12.5. The Balaban J connectivity index is 2.04. The van der Waals surface area contributed by atoms with Gasteiger partial charge in [0.2, 0.25) is 5.91 Å². The summed E-state index contributed by atoms with van der Waals surface area (Å²) in [5, 5.41) is 12.6. The molecule has 1 aromatic rings. The zero-order chi connectivity index (χ0) is 15.6. The van der Waals surface area contributed by atoms with Gasteiger partial charge in [0.05, 0.1) is 11.3 Å². The molecule has 21 heavy (non-hydrogen) atoms. The lowest BCUT2D eigenvalue weighted by Gasteiger charge is -2.26. The molecule has 2 atom stereocenters. The van der Waals surface area contributed by atoms with Crippen LogP contribution in [0.5, 0.6) is 0 Å². The number of carbonyl (C=O) groups is 2. The Morgan fingerprint density at radius 3 is 2.62 bits per heavy atom. The van der Waals surface area contributed by atoms with Crippen LogP contribution in [-0.2, 0) is 15.0 Å². The number of carbonyl (C=O) groups excluding carboxylic acids is 1. The van der Waals surface area contributed by atoms with Crippen LogP contribution in [0.15, 0.2) is 24.3 Å². The summed E-state index contributed by atoms with van der Waals surface area (Å²) >= 11 is 5.98. The van der Waals surface area contributed by atoms with Crippen molar-refractivity contribution < 1.29 is 14.7 Å². The lowest BCUT2D eigenvalue weighted by molar-refractivity contribution is -0.141. The number of halogens is 1. The predicted molar refractivity (Wildman–Crippen MR) is 81.4 cm³/mol. The fraction of sp³-hybridized carbons (Fsp3) is 0.500. The smallest absolute Gasteiger partial charge is 0.306 e. The van der Waals surface area contributed by atoms with Gasteiger partial charge in [-0.05, 0) is 50.8 Å². The fourth-order valence-electron chi connectivity index (χ4n) is 2.71. The molecule has 4 nitrogen and oxygen atoms in total. The molecule has 1 saturated carbocycles. The Morgan fingerprint density at radius 2 is 2.05 bits per heavy atom. The molecule has 2 rings (SSSR count). The minimum absolute atomic E-state index is 0.0583. The fourth-order valence-corrected chi connectivity index (χ4v) is 2.90. The van der Waals surface area contributed by atoms with Crippen LogP contribution in [0.25, 0.3) is 0 Å². The van der Waals surface area contributed by atoms with Gasteiger partial charge in [0.1, 0.15) is 0 Å². The standard InChI is InChI=1S/C16H20ClNO3/c1-16(2,11-4-3-5-12(17)9-11)15(21)18-13-7-6-10(8-13)14(19)20/h3-5,9-10,13H,6-8H2,1-2H3,(H,18,21)(H,19,20)/t10-,13+/m1/s1. The van der Waals surface area contributed by atoms with Gasteiger partial charge in [-0.1, -0.05) is 23.7 Å². The number of amides is 1. The summed E-state index contributed by atoms with van der Waals surface area (Å²) in [5.74, 6) is -1.22. The number of hydrogen-bond acceptors (Lipinski definition) is 2. The van der Waals surface area contributed by atoms with E-state index in [0.29, 0.717) is 24.3 Å². The maximum Gasteiger partial charge on any atom is 0.306 e. The van der Waals surface area contributed by atoms with E-state index in [-0.39, 0.29) is 17.9 Å². The largest absolute Gasteiger partial charge is 0.481 e. The second kappa shape index (κ2) is 6.06. The number of carboxylic acids is 1. The summed E-state index contributed by atoms with van der Waals surface area (Å²) < 4.78 is 0. The Labute approximate surface area is 129 Å². The molecule has 1 aliphatic carbocycles. The first-order valence-corrected chi connectivity index (χ1v) is 7.48. The van der Waals surface area contributed by atoms with E-state index in [9.17, 15) is 9.59 Å². The number of benzene rings is 1. The second-order valence-electron chi connectivity index (χ2n) is 6.15. The molecule has 1 amide bonds. The third-order valence-corrected chi connectivity index (χ3v) is 4.47. The minimum Gasteiger partial charge on any atom is -0.481 e. The number of carboxylic acid groups (broad SMARTS) is 1. The van der Waals surface area contributed by atoms with Crippen LogP contribution in [0.2, 0.25) is 5.02 Å². The molecule has 0 aromatic heterocycles. The Kier molecular flexibility index (Phi) is 4.57. The van der Waals surface area contributed by atoms with Crippen LogP contribution in [0, 0.1) is 5.92 Å². The average molecular weight is 310 g/mol. The summed E-state index contributed by atoms with van der Waals surface area (Å²) in [6, 6.07) is 7.20. The second-order valence-corrected chi connectivity index (χ2v) is 6.59. The molecule has 1 fully saturated rings. The summed E-state index contributed by atoms with van der Waals surface area (Å²) in [6.45, 7) is 3.69. The molecule has 0 aliphatic heterocycles. The van der Waals surface area contributed by atoms with Gasteiger partial charge < -0.3 is 10.4 Å². The van der Waals surface area contributed by atoms with Crippen molar-refractivity contribution in [3.05, 3.63) is 34.9 Å². The monoisotopic (exact) mass is 309 g/mol. The van der Waals surface area contributed by atoms with Crippen LogP contribution in [0.3, 0.4) is 0 Å². The molecule has 5 heteroatoms. The first kappa shape index (κ1) is 15.8. The topological polar surface area (TPSA) is 66.4 Å². The van der Waals surface area contributed by atoms with Crippen molar-refractivity contribution in [1.82, 2.24) is 5.32 Å². The van der Waals surface area contributed by atoms with E-state index < -0.39 is 11.4 Å². The molecule has 0 saturated heterocycles. The molecule has 2 N–H and O–H groups in total. The molecule has 0 spiro atoms. The first-order valence-electron chi connectivity index (χ1n) is 7.10. The Hall–Kier alpha value is -1.55. The van der Waals surface area contributed by atoms with E-state index >= 15 is 0 Å². The highest BCUT2D eigenvalue weighted by atomic mass is 35.5. The van der Waals surface area contributed by atoms with Gasteiger partial charge in [-0.15, -0.1) is 0 Å². The normalized spacial score (nSPS) is 22.0. The van der Waals surface area contributed by atoms with Gasteiger partial charge in [-0.25, -0.2) is 0 Å². The third kappa shape index (κ3) is 3.56. The van der Waals surface area contributed by atoms with Crippen LogP contribution in [0.4, 0.5) is 0 Å². The van der Waals surface area contributed by atoms with Crippen molar-refractivity contribution in [3.63, 3.8) is 0 Å². The number of hydrogen-bond donors (Lipinski definition) is 2. The highest BCUT2D eigenvalue weighted by molar-refractivity contribution is 6.30. The minimum atomic E-state index is -0.777. The lowest BCUT2D eigenvalue weighted by atomic mass is 9.83. The summed E-state index contributed by atoms with van der Waals surface area (Å²) in [7, 11) is 0. The molecular weight excluding hydrogens is 290 g/mol. The summed E-state index contributed by atoms with van der Waals surface area (Å²) in [6.07, 6.45) is 1.85. The molecule has 114 valence electrons. The van der Waals surface area contributed by atoms with Crippen molar-refractivity contribution in [2.75, 3.05) is 0 Å². The van der Waals surface area contributed by atoms with Gasteiger partial charge >= 0.3 is 5.97 Å². The van der Waals surface area contributed by atoms with E-state index in [0.717, 1.165) is 5.56 Å². The Bertz CT molecular complexity index is 556. The van der Waals surface area contributed by atoms with Gasteiger partial charge in [0, 0.05) is 11.1 Å². The molecule has 0 bridgehead atoms. The Morgan fingerprint density at radius 1 is 1.33 bits per heavy atom. The van der Waals surface area contributed by atoms with Crippen molar-refractivity contribution in [2.45, 2.75) is 44.6 Å². The summed E-state index contributed by atoms with van der Waals surface area (Å²) in [5.41, 5.74) is 0.145. The van der Waals surface area contributed by atoms with E-state index in [1.807, 2.05) is 26.0 Å². The average Bonchev–Trinajstić information content (AvgIpc) is 2.87. The third-order valence-electron chi connectivity index (χ3n) is 4.23. The van der Waals surface area contributed by atoms with E-state index in [4.69, 9.17) is 16.7 Å². The van der Waals surface area contributed by atoms with Crippen LogP contribution in [0.1, 0.15) is 38.7 Å². The van der Waals surface area contributed by atoms with Crippen LogP contribution >= 0.6 is 11.6 Å². The predicted octanol–water partition coefficient (Wildman–Crippen LogP) is 2.99. The molecule has 1 aromatic carbocycles. The quantitative estimate of drug-likeness (QED) is 0.898.